The van der Waals surface area contributed by atoms with Crippen molar-refractivity contribution in [3.8, 4) is 5.75 Å². The van der Waals surface area contributed by atoms with Crippen molar-refractivity contribution >= 4 is 55.5 Å². The zero-order valence-electron chi connectivity index (χ0n) is 9.31. The van der Waals surface area contributed by atoms with Gasteiger partial charge in [-0.1, -0.05) is 11.6 Å². The van der Waals surface area contributed by atoms with Crippen LogP contribution in [0.2, 0.25) is 5.15 Å². The highest BCUT2D eigenvalue weighted by atomic mass is 79.9. The van der Waals surface area contributed by atoms with Crippen molar-refractivity contribution in [1.29, 1.82) is 0 Å². The number of phenolic OH excluding ortho intramolecular Hbond substituents is 1. The molecular formula is C11H7Br2ClN4O. The van der Waals surface area contributed by atoms with E-state index in [9.17, 15) is 5.11 Å². The molecule has 0 fully saturated rings. The highest BCUT2D eigenvalue weighted by molar-refractivity contribution is 9.11. The number of hydrogen-bond acceptors (Lipinski definition) is 5. The molecule has 0 saturated carbocycles. The number of benzene rings is 1. The Labute approximate surface area is 131 Å². The molecular weight excluding hydrogens is 399 g/mol. The first-order chi connectivity index (χ1) is 9.06. The van der Waals surface area contributed by atoms with Crippen molar-refractivity contribution in [3.05, 3.63) is 43.9 Å². The molecule has 2 rings (SSSR count). The maximum Gasteiger partial charge on any atom is 0.168 e. The van der Waals surface area contributed by atoms with Crippen molar-refractivity contribution in [1.82, 2.24) is 10.2 Å². The van der Waals surface area contributed by atoms with Crippen LogP contribution in [0.15, 0.2) is 38.3 Å². The predicted molar refractivity (Wildman–Crippen MR) is 81.8 cm³/mol. The highest BCUT2D eigenvalue weighted by Crippen LogP contribution is 2.32. The summed E-state index contributed by atoms with van der Waals surface area (Å²) in [5.41, 5.74) is 3.52. The third-order valence-electron chi connectivity index (χ3n) is 2.06. The van der Waals surface area contributed by atoms with E-state index in [0.717, 1.165) is 5.56 Å². The Morgan fingerprint density at radius 1 is 1.21 bits per heavy atom. The number of nitrogens with one attached hydrogen (secondary N) is 1. The zero-order chi connectivity index (χ0) is 13.8. The summed E-state index contributed by atoms with van der Waals surface area (Å²) >= 11 is 12.1. The molecule has 0 radical (unpaired) electrons. The van der Waals surface area contributed by atoms with Gasteiger partial charge in [-0.25, -0.2) is 0 Å². The summed E-state index contributed by atoms with van der Waals surface area (Å²) in [6.45, 7) is 0. The number of aromatic nitrogens is 2. The van der Waals surface area contributed by atoms with E-state index in [-0.39, 0.29) is 5.75 Å². The summed E-state index contributed by atoms with van der Waals surface area (Å²) < 4.78 is 1.16. The lowest BCUT2D eigenvalue weighted by atomic mass is 10.2. The van der Waals surface area contributed by atoms with E-state index in [1.807, 2.05) is 0 Å². The minimum absolute atomic E-state index is 0.147. The van der Waals surface area contributed by atoms with Gasteiger partial charge in [0.2, 0.25) is 0 Å². The van der Waals surface area contributed by atoms with E-state index < -0.39 is 0 Å². The lowest BCUT2D eigenvalue weighted by molar-refractivity contribution is 0.468. The third-order valence-corrected chi connectivity index (χ3v) is 3.47. The van der Waals surface area contributed by atoms with Crippen LogP contribution in [0.3, 0.4) is 0 Å². The number of halogens is 3. The second kappa shape index (κ2) is 6.31. The molecule has 1 heterocycles. The molecule has 98 valence electrons. The van der Waals surface area contributed by atoms with Gasteiger partial charge in [0.25, 0.3) is 0 Å². The minimum atomic E-state index is 0.147. The van der Waals surface area contributed by atoms with Gasteiger partial charge in [0.15, 0.2) is 11.0 Å². The molecule has 0 aliphatic rings. The summed E-state index contributed by atoms with van der Waals surface area (Å²) in [4.78, 5) is 0. The summed E-state index contributed by atoms with van der Waals surface area (Å²) in [5, 5.41) is 21.4. The molecule has 0 saturated heterocycles. The van der Waals surface area contributed by atoms with Gasteiger partial charge in [-0.3, -0.25) is 5.43 Å². The Kier molecular flexibility index (Phi) is 4.73. The van der Waals surface area contributed by atoms with E-state index in [2.05, 4.69) is 52.6 Å². The summed E-state index contributed by atoms with van der Waals surface area (Å²) in [6.07, 6.45) is 1.59. The Morgan fingerprint density at radius 2 is 1.89 bits per heavy atom. The standard InChI is InChI=1S/C11H7Br2ClN4O/c12-7-3-6(4-8(13)11(7)19)5-15-17-10-2-1-9(14)16-18-10/h1-5,19H,(H,17,18)/b15-5+. The van der Waals surface area contributed by atoms with Crippen LogP contribution in [-0.4, -0.2) is 21.5 Å². The van der Waals surface area contributed by atoms with Gasteiger partial charge in [0, 0.05) is 0 Å². The number of aromatic hydroxyl groups is 1. The number of hydrazone groups is 1. The lowest BCUT2D eigenvalue weighted by Gasteiger charge is -2.02. The van der Waals surface area contributed by atoms with Crippen molar-refractivity contribution < 1.29 is 5.11 Å². The van der Waals surface area contributed by atoms with Crippen molar-refractivity contribution in [2.45, 2.75) is 0 Å². The fourth-order valence-electron chi connectivity index (χ4n) is 1.21. The van der Waals surface area contributed by atoms with Crippen molar-refractivity contribution in [3.63, 3.8) is 0 Å². The number of phenols is 1. The van der Waals surface area contributed by atoms with Crippen LogP contribution in [-0.2, 0) is 0 Å². The summed E-state index contributed by atoms with van der Waals surface area (Å²) in [5.74, 6) is 0.631. The molecule has 19 heavy (non-hydrogen) atoms. The number of hydrogen-bond donors (Lipinski definition) is 2. The van der Waals surface area contributed by atoms with Gasteiger partial charge >= 0.3 is 0 Å². The maximum absolute atomic E-state index is 9.58. The molecule has 0 bridgehead atoms. The maximum atomic E-state index is 9.58. The molecule has 0 aliphatic heterocycles. The van der Waals surface area contributed by atoms with Crippen LogP contribution in [0.5, 0.6) is 5.75 Å². The first-order valence-corrected chi connectivity index (χ1v) is 6.99. The van der Waals surface area contributed by atoms with Gasteiger partial charge in [-0.2, -0.15) is 5.10 Å². The number of rotatable bonds is 3. The largest absolute Gasteiger partial charge is 0.506 e. The van der Waals surface area contributed by atoms with Gasteiger partial charge in [-0.05, 0) is 61.7 Å². The Hall–Kier alpha value is -1.18. The van der Waals surface area contributed by atoms with Crippen molar-refractivity contribution in [2.75, 3.05) is 5.43 Å². The van der Waals surface area contributed by atoms with E-state index >= 15 is 0 Å². The predicted octanol–water partition coefficient (Wildman–Crippen LogP) is 3.81. The van der Waals surface area contributed by atoms with Gasteiger partial charge in [-0.15, -0.1) is 10.2 Å². The van der Waals surface area contributed by atoms with E-state index in [1.54, 1.807) is 30.5 Å². The van der Waals surface area contributed by atoms with Crippen molar-refractivity contribution in [2.24, 2.45) is 5.10 Å². The zero-order valence-corrected chi connectivity index (χ0v) is 13.2. The molecule has 0 amide bonds. The monoisotopic (exact) mass is 404 g/mol. The molecule has 2 N–H and O–H groups in total. The quantitative estimate of drug-likeness (QED) is 0.601. The Morgan fingerprint density at radius 3 is 2.47 bits per heavy atom. The Balaban J connectivity index is 2.09. The second-order valence-corrected chi connectivity index (χ2v) is 5.54. The van der Waals surface area contributed by atoms with Crippen LogP contribution in [0.1, 0.15) is 5.56 Å². The molecule has 2 aromatic rings. The van der Waals surface area contributed by atoms with E-state index in [4.69, 9.17) is 11.6 Å². The van der Waals surface area contributed by atoms with Crippen LogP contribution in [0.4, 0.5) is 5.82 Å². The summed E-state index contributed by atoms with van der Waals surface area (Å²) in [6, 6.07) is 6.74. The van der Waals surface area contributed by atoms with Crippen LogP contribution in [0.25, 0.3) is 0 Å². The lowest BCUT2D eigenvalue weighted by Crippen LogP contribution is -1.95. The Bertz CT molecular complexity index is 596. The number of anilines is 1. The molecule has 1 aromatic heterocycles. The topological polar surface area (TPSA) is 70.4 Å². The second-order valence-electron chi connectivity index (χ2n) is 3.44. The fourth-order valence-corrected chi connectivity index (χ4v) is 2.53. The van der Waals surface area contributed by atoms with Gasteiger partial charge in [0.05, 0.1) is 15.2 Å². The first kappa shape index (κ1) is 14.2. The molecule has 0 atom stereocenters. The smallest absolute Gasteiger partial charge is 0.168 e. The number of nitrogens with zero attached hydrogens (tertiary/aromatic N) is 3. The molecule has 0 spiro atoms. The highest BCUT2D eigenvalue weighted by Gasteiger charge is 2.04. The average molecular weight is 406 g/mol. The summed E-state index contributed by atoms with van der Waals surface area (Å²) in [7, 11) is 0. The SMILES string of the molecule is Oc1c(Br)cc(/C=N/Nc2ccc(Cl)nn2)cc1Br. The molecule has 0 unspecified atom stereocenters. The molecule has 1 aromatic carbocycles. The van der Waals surface area contributed by atoms with E-state index in [0.29, 0.717) is 19.9 Å². The average Bonchev–Trinajstić information content (AvgIpc) is 2.38. The van der Waals surface area contributed by atoms with Gasteiger partial charge < -0.3 is 5.11 Å². The first-order valence-electron chi connectivity index (χ1n) is 5.02. The van der Waals surface area contributed by atoms with E-state index in [1.165, 1.54) is 0 Å². The van der Waals surface area contributed by atoms with Crippen LogP contribution >= 0.6 is 43.5 Å². The molecule has 8 heteroatoms. The third kappa shape index (κ3) is 3.89. The van der Waals surface area contributed by atoms with Crippen LogP contribution < -0.4 is 5.43 Å². The van der Waals surface area contributed by atoms with Gasteiger partial charge in [0.1, 0.15) is 5.75 Å². The molecule has 0 aliphatic carbocycles. The van der Waals surface area contributed by atoms with Crippen LogP contribution in [0, 0.1) is 0 Å². The minimum Gasteiger partial charge on any atom is -0.506 e. The fraction of sp³-hybridized carbons (Fsp3) is 0. The normalized spacial score (nSPS) is 10.9. The molecule has 5 nitrogen and oxygen atoms in total.